The SMILES string of the molecule is CC(C)=CCC/C(C)=C/CCC(C)/C=C/C/C(C)=C/C=C/C=C(\C)CC/C=C(\C)CC/C=C(\C)CCC1OC1(C)C. The molecule has 0 N–H and O–H groups in total. The highest BCUT2D eigenvalue weighted by atomic mass is 16.6. The molecule has 1 nitrogen and oxygen atoms in total. The van der Waals surface area contributed by atoms with Crippen LogP contribution < -0.4 is 0 Å². The van der Waals surface area contributed by atoms with Gasteiger partial charge >= 0.3 is 0 Å². The van der Waals surface area contributed by atoms with Gasteiger partial charge in [0.1, 0.15) is 0 Å². The molecule has 1 aliphatic heterocycles. The van der Waals surface area contributed by atoms with Crippen LogP contribution in [0.5, 0.6) is 0 Å². The van der Waals surface area contributed by atoms with Gasteiger partial charge in [-0.25, -0.2) is 0 Å². The molecule has 0 aliphatic carbocycles. The second-order valence-corrected chi connectivity index (χ2v) is 13.4. The Bertz CT molecular complexity index is 997. The molecule has 1 heterocycles. The Morgan fingerprint density at radius 1 is 0.659 bits per heavy atom. The largest absolute Gasteiger partial charge is 0.367 e. The predicted molar refractivity (Wildman–Crippen MR) is 185 cm³/mol. The third-order valence-electron chi connectivity index (χ3n) is 8.01. The van der Waals surface area contributed by atoms with E-state index in [1.165, 1.54) is 59.1 Å². The van der Waals surface area contributed by atoms with Crippen molar-refractivity contribution in [2.24, 2.45) is 5.92 Å². The highest BCUT2D eigenvalue weighted by Gasteiger charge is 2.46. The molecule has 2 unspecified atom stereocenters. The fourth-order valence-corrected chi connectivity index (χ4v) is 4.85. The summed E-state index contributed by atoms with van der Waals surface area (Å²) in [7, 11) is 0. The first kappa shape index (κ1) is 36.9. The van der Waals surface area contributed by atoms with E-state index in [9.17, 15) is 0 Å². The molecule has 0 bridgehead atoms. The Morgan fingerprint density at radius 2 is 1.15 bits per heavy atom. The monoisotopic (exact) mass is 560 g/mol. The van der Waals surface area contributed by atoms with Crippen LogP contribution >= 0.6 is 0 Å². The van der Waals surface area contributed by atoms with Crippen molar-refractivity contribution in [2.45, 2.75) is 152 Å². The molecule has 41 heavy (non-hydrogen) atoms. The lowest BCUT2D eigenvalue weighted by Crippen LogP contribution is -2.02. The molecule has 0 radical (unpaired) electrons. The van der Waals surface area contributed by atoms with Crippen LogP contribution in [0.1, 0.15) is 140 Å². The molecule has 1 aliphatic rings. The first-order valence-corrected chi connectivity index (χ1v) is 16.3. The molecule has 0 aromatic heterocycles. The maximum absolute atomic E-state index is 5.70. The predicted octanol–water partition coefficient (Wildman–Crippen LogP) is 12.9. The van der Waals surface area contributed by atoms with Gasteiger partial charge in [-0.3, -0.25) is 0 Å². The number of hydrogen-bond acceptors (Lipinski definition) is 1. The van der Waals surface area contributed by atoms with E-state index in [4.69, 9.17) is 4.74 Å². The van der Waals surface area contributed by atoms with E-state index in [0.29, 0.717) is 12.0 Å². The standard InChI is InChI=1S/C40H64O/c1-32(2)18-13-21-35(5)24-16-27-36(6)25-14-22-33(3)19-11-12-20-34(4)23-15-26-37(7)28-17-29-38(8)30-31-39-40(9,10)41-39/h11-12,14,18-20,24-26,29,36,39H,13,15-17,21-23,27-28,30-31H2,1-10H3/b12-11+,25-14+,33-19+,34-20+,35-24+,37-26+,38-29+. The third-order valence-corrected chi connectivity index (χ3v) is 8.01. The molecule has 1 heteroatoms. The van der Waals surface area contributed by atoms with Crippen LogP contribution in [0.25, 0.3) is 0 Å². The molecule has 1 fully saturated rings. The summed E-state index contributed by atoms with van der Waals surface area (Å²) in [6.07, 6.45) is 36.3. The number of ether oxygens (including phenoxy) is 1. The average molecular weight is 561 g/mol. The molecular weight excluding hydrogens is 496 g/mol. The van der Waals surface area contributed by atoms with Crippen molar-refractivity contribution in [1.82, 2.24) is 0 Å². The number of allylic oxidation sites excluding steroid dienone is 16. The van der Waals surface area contributed by atoms with Crippen molar-refractivity contribution in [3.63, 3.8) is 0 Å². The van der Waals surface area contributed by atoms with E-state index in [1.54, 1.807) is 0 Å². The zero-order valence-corrected chi connectivity index (χ0v) is 28.6. The van der Waals surface area contributed by atoms with Crippen LogP contribution in [-0.4, -0.2) is 11.7 Å². The third kappa shape index (κ3) is 20.4. The van der Waals surface area contributed by atoms with E-state index >= 15 is 0 Å². The van der Waals surface area contributed by atoms with Gasteiger partial charge < -0.3 is 4.74 Å². The second kappa shape index (κ2) is 20.7. The van der Waals surface area contributed by atoms with Crippen LogP contribution in [0.4, 0.5) is 0 Å². The van der Waals surface area contributed by atoms with Gasteiger partial charge in [-0.2, -0.15) is 0 Å². The van der Waals surface area contributed by atoms with Gasteiger partial charge in [0.2, 0.25) is 0 Å². The fourth-order valence-electron chi connectivity index (χ4n) is 4.85. The average Bonchev–Trinajstić information content (AvgIpc) is 3.51. The van der Waals surface area contributed by atoms with E-state index < -0.39 is 0 Å². The molecule has 0 saturated carbocycles. The summed E-state index contributed by atoms with van der Waals surface area (Å²) < 4.78 is 5.70. The van der Waals surface area contributed by atoms with E-state index in [-0.39, 0.29) is 5.60 Å². The van der Waals surface area contributed by atoms with Crippen LogP contribution in [0.2, 0.25) is 0 Å². The summed E-state index contributed by atoms with van der Waals surface area (Å²) in [5.74, 6) is 0.629. The lowest BCUT2D eigenvalue weighted by molar-refractivity contribution is 0.320. The van der Waals surface area contributed by atoms with E-state index in [2.05, 4.69) is 130 Å². The molecule has 2 atom stereocenters. The van der Waals surface area contributed by atoms with Crippen molar-refractivity contribution in [2.75, 3.05) is 0 Å². The smallest absolute Gasteiger partial charge is 0.0892 e. The summed E-state index contributed by atoms with van der Waals surface area (Å²) in [6, 6.07) is 0. The van der Waals surface area contributed by atoms with Gasteiger partial charge in [-0.1, -0.05) is 101 Å². The van der Waals surface area contributed by atoms with Gasteiger partial charge in [-0.05, 0) is 139 Å². The Kier molecular flexibility index (Phi) is 18.6. The Labute approximate surface area is 256 Å². The zero-order valence-electron chi connectivity index (χ0n) is 28.6. The highest BCUT2D eigenvalue weighted by Crippen LogP contribution is 2.39. The lowest BCUT2D eigenvalue weighted by atomic mass is 10.0. The minimum absolute atomic E-state index is 0.121. The minimum atomic E-state index is 0.121. The van der Waals surface area contributed by atoms with Crippen molar-refractivity contribution < 1.29 is 4.74 Å². The van der Waals surface area contributed by atoms with Crippen molar-refractivity contribution in [1.29, 1.82) is 0 Å². The Hall–Kier alpha value is -2.12. The summed E-state index contributed by atoms with van der Waals surface area (Å²) >= 11 is 0. The number of rotatable bonds is 20. The summed E-state index contributed by atoms with van der Waals surface area (Å²) in [4.78, 5) is 0. The Balaban J connectivity index is 2.24. The number of epoxide rings is 1. The van der Waals surface area contributed by atoms with Crippen LogP contribution in [0, 0.1) is 5.92 Å². The van der Waals surface area contributed by atoms with Crippen LogP contribution in [0.15, 0.2) is 94.2 Å². The lowest BCUT2D eigenvalue weighted by Gasteiger charge is -2.05. The second-order valence-electron chi connectivity index (χ2n) is 13.4. The first-order chi connectivity index (χ1) is 19.4. The summed E-state index contributed by atoms with van der Waals surface area (Å²) in [6.45, 7) is 22.3. The molecule has 0 aromatic carbocycles. The van der Waals surface area contributed by atoms with Crippen molar-refractivity contribution in [3.8, 4) is 0 Å². The van der Waals surface area contributed by atoms with Crippen LogP contribution in [0.3, 0.4) is 0 Å². The van der Waals surface area contributed by atoms with Crippen molar-refractivity contribution >= 4 is 0 Å². The fraction of sp³-hybridized carbons (Fsp3) is 0.600. The van der Waals surface area contributed by atoms with Gasteiger partial charge in [-0.15, -0.1) is 0 Å². The van der Waals surface area contributed by atoms with Gasteiger partial charge in [0, 0.05) is 0 Å². The molecule has 1 saturated heterocycles. The quantitative estimate of drug-likeness (QED) is 0.0819. The van der Waals surface area contributed by atoms with Gasteiger partial charge in [0.15, 0.2) is 0 Å². The summed E-state index contributed by atoms with van der Waals surface area (Å²) in [5.41, 5.74) is 8.91. The summed E-state index contributed by atoms with van der Waals surface area (Å²) in [5, 5.41) is 0. The minimum Gasteiger partial charge on any atom is -0.367 e. The molecule has 0 amide bonds. The maximum atomic E-state index is 5.70. The molecule has 0 aromatic rings. The van der Waals surface area contributed by atoms with Crippen LogP contribution in [-0.2, 0) is 4.74 Å². The molecule has 0 spiro atoms. The topological polar surface area (TPSA) is 12.5 Å². The molecule has 230 valence electrons. The molecular formula is C40H64O. The maximum Gasteiger partial charge on any atom is 0.0892 e. The Morgan fingerprint density at radius 3 is 1.71 bits per heavy atom. The van der Waals surface area contributed by atoms with Crippen molar-refractivity contribution in [3.05, 3.63) is 94.2 Å². The highest BCUT2D eigenvalue weighted by molar-refractivity contribution is 5.20. The van der Waals surface area contributed by atoms with E-state index in [1.807, 2.05) is 0 Å². The zero-order chi connectivity index (χ0) is 30.7. The first-order valence-electron chi connectivity index (χ1n) is 16.3. The number of hydrogen-bond donors (Lipinski definition) is 0. The molecule has 1 rings (SSSR count). The normalized spacial score (nSPS) is 19.4. The van der Waals surface area contributed by atoms with Gasteiger partial charge in [0.25, 0.3) is 0 Å². The van der Waals surface area contributed by atoms with E-state index in [0.717, 1.165) is 44.9 Å². The van der Waals surface area contributed by atoms with Gasteiger partial charge in [0.05, 0.1) is 11.7 Å².